The van der Waals surface area contributed by atoms with Gasteiger partial charge in [-0.3, -0.25) is 9.59 Å². The smallest absolute Gasteiger partial charge is 0.334 e. The molecule has 39 heavy (non-hydrogen) atoms. The van der Waals surface area contributed by atoms with Crippen molar-refractivity contribution in [1.82, 2.24) is 25.1 Å². The lowest BCUT2D eigenvalue weighted by Crippen LogP contribution is -2.76. The minimum absolute atomic E-state index is 0.0182. The van der Waals surface area contributed by atoms with Crippen LogP contribution in [0.15, 0.2) is 54.6 Å². The molecule has 1 N–H and O–H groups in total. The molecule has 4 rings (SSSR count). The summed E-state index contributed by atoms with van der Waals surface area (Å²) in [4.78, 5) is 55.3. The first kappa shape index (κ1) is 28.3. The largest absolute Gasteiger partial charge is 0.337 e. The highest BCUT2D eigenvalue weighted by Gasteiger charge is 2.50. The summed E-state index contributed by atoms with van der Waals surface area (Å²) in [5, 5.41) is 6.14. The van der Waals surface area contributed by atoms with Crippen LogP contribution in [0.3, 0.4) is 0 Å². The minimum Gasteiger partial charge on any atom is -0.337 e. The number of hydrazine groups is 1. The second-order valence-corrected chi connectivity index (χ2v) is 10.6. The molecule has 2 saturated heterocycles. The van der Waals surface area contributed by atoms with Crippen LogP contribution in [0.25, 0.3) is 0 Å². The summed E-state index contributed by atoms with van der Waals surface area (Å²) in [6, 6.07) is 17.0. The van der Waals surface area contributed by atoms with Crippen LogP contribution >= 0.6 is 0 Å². The van der Waals surface area contributed by atoms with Crippen molar-refractivity contribution in [2.24, 2.45) is 0 Å². The average molecular weight is 534 g/mol. The average Bonchev–Trinajstić information content (AvgIpc) is 2.91. The Balaban J connectivity index is 1.48. The lowest BCUT2D eigenvalue weighted by Gasteiger charge is -2.54. The van der Waals surface area contributed by atoms with Gasteiger partial charge in [0.25, 0.3) is 0 Å². The van der Waals surface area contributed by atoms with Crippen molar-refractivity contribution in [2.75, 3.05) is 26.7 Å². The van der Waals surface area contributed by atoms with E-state index in [1.807, 2.05) is 30.3 Å². The Bertz CT molecular complexity index is 1170. The highest BCUT2D eigenvalue weighted by molar-refractivity contribution is 5.92. The van der Waals surface area contributed by atoms with Gasteiger partial charge in [-0.25, -0.2) is 14.8 Å². The predicted molar refractivity (Wildman–Crippen MR) is 148 cm³/mol. The van der Waals surface area contributed by atoms with E-state index in [1.54, 1.807) is 22.0 Å². The van der Waals surface area contributed by atoms with Gasteiger partial charge in [0.15, 0.2) is 0 Å². The van der Waals surface area contributed by atoms with Crippen molar-refractivity contribution >= 4 is 23.6 Å². The number of ketones is 1. The van der Waals surface area contributed by atoms with E-state index >= 15 is 0 Å². The first-order valence-corrected chi connectivity index (χ1v) is 13.7. The van der Waals surface area contributed by atoms with Crippen LogP contribution in [0, 0.1) is 6.92 Å². The molecule has 2 atom stereocenters. The number of urea groups is 1. The first-order valence-electron chi connectivity index (χ1n) is 13.7. The van der Waals surface area contributed by atoms with Crippen LogP contribution in [0.2, 0.25) is 0 Å². The second-order valence-electron chi connectivity index (χ2n) is 10.6. The van der Waals surface area contributed by atoms with Gasteiger partial charge in [-0.1, -0.05) is 60.2 Å². The Morgan fingerprint density at radius 1 is 0.974 bits per heavy atom. The molecule has 2 heterocycles. The zero-order valence-corrected chi connectivity index (χ0v) is 23.1. The topological polar surface area (TPSA) is 93.3 Å². The fourth-order valence-electron chi connectivity index (χ4n) is 5.36. The number of fused-ring (bicyclic) bond motifs is 1. The molecule has 1 unspecified atom stereocenters. The minimum atomic E-state index is -0.768. The fraction of sp³-hybridized carbons (Fsp3) is 0.467. The monoisotopic (exact) mass is 533 g/mol. The molecule has 0 aromatic heterocycles. The normalized spacial score (nSPS) is 19.7. The fourth-order valence-corrected chi connectivity index (χ4v) is 5.36. The summed E-state index contributed by atoms with van der Waals surface area (Å²) in [7, 11) is 1.71. The molecule has 9 nitrogen and oxygen atoms in total. The quantitative estimate of drug-likeness (QED) is 0.474. The lowest BCUT2D eigenvalue weighted by atomic mass is 10.00. The Morgan fingerprint density at radius 3 is 2.38 bits per heavy atom. The molecule has 4 amide bonds. The molecule has 9 heteroatoms. The van der Waals surface area contributed by atoms with E-state index in [2.05, 4.69) is 36.5 Å². The summed E-state index contributed by atoms with van der Waals surface area (Å²) < 4.78 is 0. The van der Waals surface area contributed by atoms with Gasteiger partial charge in [0, 0.05) is 26.6 Å². The van der Waals surface area contributed by atoms with Gasteiger partial charge in [0.2, 0.25) is 11.8 Å². The number of aryl methyl sites for hydroxylation is 2. The van der Waals surface area contributed by atoms with Gasteiger partial charge in [-0.15, -0.1) is 0 Å². The molecule has 0 bridgehead atoms. The maximum absolute atomic E-state index is 13.6. The van der Waals surface area contributed by atoms with Crippen LogP contribution in [0.1, 0.15) is 49.3 Å². The van der Waals surface area contributed by atoms with Crippen LogP contribution < -0.4 is 5.32 Å². The number of carbonyl (C=O) groups is 4. The van der Waals surface area contributed by atoms with Crippen molar-refractivity contribution in [3.8, 4) is 0 Å². The van der Waals surface area contributed by atoms with E-state index in [9.17, 15) is 19.2 Å². The summed E-state index contributed by atoms with van der Waals surface area (Å²) in [6.45, 7) is 4.65. The van der Waals surface area contributed by atoms with Gasteiger partial charge < -0.3 is 19.9 Å². The zero-order chi connectivity index (χ0) is 27.9. The number of benzene rings is 2. The third-order valence-corrected chi connectivity index (χ3v) is 7.47. The number of rotatable bonds is 10. The molecule has 2 aliphatic heterocycles. The van der Waals surface area contributed by atoms with Crippen LogP contribution in [-0.2, 0) is 27.3 Å². The van der Waals surface area contributed by atoms with Crippen molar-refractivity contribution in [3.63, 3.8) is 0 Å². The van der Waals surface area contributed by atoms with Gasteiger partial charge in [0.1, 0.15) is 18.0 Å². The molecule has 2 aliphatic rings. The van der Waals surface area contributed by atoms with E-state index < -0.39 is 12.2 Å². The van der Waals surface area contributed by atoms with Crippen molar-refractivity contribution in [1.29, 1.82) is 0 Å². The van der Waals surface area contributed by atoms with Crippen LogP contribution in [0.5, 0.6) is 0 Å². The Morgan fingerprint density at radius 2 is 1.69 bits per heavy atom. The lowest BCUT2D eigenvalue weighted by molar-refractivity contribution is -0.187. The maximum atomic E-state index is 13.6. The summed E-state index contributed by atoms with van der Waals surface area (Å²) >= 11 is 0. The first-order chi connectivity index (χ1) is 18.7. The number of hydrogen-bond donors (Lipinski definition) is 1. The number of amides is 4. The predicted octanol–water partition coefficient (Wildman–Crippen LogP) is 3.12. The standard InChI is InChI=1S/C30H39N5O4/c1-22-12-15-24(16-13-22)9-7-8-18-33-20-27-34(26(29(33)38)17-14-23(2)36)28(37)21-32(3)35(27)30(39)31-19-25-10-5-4-6-11-25/h4-6,10-13,15-16,26-27H,7-9,14,17-21H2,1-3H3,(H,31,39)/t26?,27-/m0/s1. The number of nitrogens with one attached hydrogen (secondary N) is 1. The molecule has 0 radical (unpaired) electrons. The molecular formula is C30H39N5O4. The summed E-state index contributed by atoms with van der Waals surface area (Å²) in [5.74, 6) is -0.394. The van der Waals surface area contributed by atoms with Gasteiger partial charge in [-0.05, 0) is 50.7 Å². The molecule has 0 saturated carbocycles. The molecule has 2 aromatic carbocycles. The van der Waals surface area contributed by atoms with E-state index in [0.717, 1.165) is 24.8 Å². The Labute approximate surface area is 230 Å². The molecule has 208 valence electrons. The highest BCUT2D eigenvalue weighted by atomic mass is 16.2. The number of hydrogen-bond acceptors (Lipinski definition) is 5. The van der Waals surface area contributed by atoms with Crippen LogP contribution in [-0.4, -0.2) is 82.3 Å². The molecule has 2 aromatic rings. The Hall–Kier alpha value is -3.72. The van der Waals surface area contributed by atoms with Gasteiger partial charge in [-0.2, -0.15) is 0 Å². The Kier molecular flexibility index (Phi) is 9.35. The number of likely N-dealkylation sites (N-methyl/N-ethyl adjacent to an activating group) is 1. The maximum Gasteiger partial charge on any atom is 0.334 e. The van der Waals surface area contributed by atoms with Crippen molar-refractivity contribution in [3.05, 3.63) is 71.3 Å². The van der Waals surface area contributed by atoms with Crippen molar-refractivity contribution in [2.45, 2.75) is 64.7 Å². The van der Waals surface area contributed by atoms with Crippen LogP contribution in [0.4, 0.5) is 4.79 Å². The van der Waals surface area contributed by atoms with Gasteiger partial charge in [0.05, 0.1) is 13.1 Å². The van der Waals surface area contributed by atoms with E-state index in [1.165, 1.54) is 23.0 Å². The number of nitrogens with zero attached hydrogens (tertiary/aromatic N) is 4. The molecule has 2 fully saturated rings. The van der Waals surface area contributed by atoms with E-state index in [0.29, 0.717) is 13.1 Å². The molecule has 0 spiro atoms. The molecular weight excluding hydrogens is 494 g/mol. The molecule has 0 aliphatic carbocycles. The SMILES string of the molecule is CC(=O)CCC1C(=O)N(CCCCc2ccc(C)cc2)C[C@H]2N1C(=O)CN(C)N2C(=O)NCc1ccccc1. The summed E-state index contributed by atoms with van der Waals surface area (Å²) in [6.07, 6.45) is 2.44. The third-order valence-electron chi connectivity index (χ3n) is 7.47. The van der Waals surface area contributed by atoms with Crippen molar-refractivity contribution < 1.29 is 19.2 Å². The second kappa shape index (κ2) is 12.9. The highest BCUT2D eigenvalue weighted by Crippen LogP contribution is 2.28. The number of carbonyl (C=O) groups excluding carboxylic acids is 4. The number of piperazine rings is 1. The zero-order valence-electron chi connectivity index (χ0n) is 23.1. The number of Topliss-reactive ketones (excluding diaryl/α,β-unsaturated/α-hetero) is 1. The number of unbranched alkanes of at least 4 members (excludes halogenated alkanes) is 1. The van der Waals surface area contributed by atoms with E-state index in [4.69, 9.17) is 0 Å². The van der Waals surface area contributed by atoms with Gasteiger partial charge >= 0.3 is 6.03 Å². The van der Waals surface area contributed by atoms with E-state index in [-0.39, 0.29) is 49.6 Å². The summed E-state index contributed by atoms with van der Waals surface area (Å²) in [5.41, 5.74) is 3.45. The third kappa shape index (κ3) is 7.03.